The molecule has 0 saturated heterocycles. The third-order valence-corrected chi connectivity index (χ3v) is 2.21. The van der Waals surface area contributed by atoms with E-state index in [1.807, 2.05) is 6.92 Å². The summed E-state index contributed by atoms with van der Waals surface area (Å²) in [7, 11) is 0. The second-order valence-electron chi connectivity index (χ2n) is 4.23. The standard InChI is InChI=1S/C15H19NO3/c1-12(2)11-19-10-9-16-15(18)8-5-13-3-6-14(17)7-4-13/h3-8,17H,1,9-11H2,2H3,(H,16,18)/b8-5+. The first-order valence-electron chi connectivity index (χ1n) is 6.05. The fourth-order valence-electron chi connectivity index (χ4n) is 1.31. The third kappa shape index (κ3) is 7.06. The Morgan fingerprint density at radius 1 is 1.42 bits per heavy atom. The maximum Gasteiger partial charge on any atom is 0.244 e. The molecule has 1 aromatic rings. The van der Waals surface area contributed by atoms with Crippen LogP contribution in [0.2, 0.25) is 0 Å². The molecule has 0 radical (unpaired) electrons. The zero-order valence-corrected chi connectivity index (χ0v) is 11.1. The molecule has 0 unspecified atom stereocenters. The van der Waals surface area contributed by atoms with Crippen molar-refractivity contribution in [2.75, 3.05) is 19.8 Å². The Morgan fingerprint density at radius 2 is 2.11 bits per heavy atom. The number of benzene rings is 1. The number of carbonyl (C=O) groups is 1. The summed E-state index contributed by atoms with van der Waals surface area (Å²) in [5.74, 6) is 0.0308. The SMILES string of the molecule is C=C(C)COCCNC(=O)/C=C/c1ccc(O)cc1. The fraction of sp³-hybridized carbons (Fsp3) is 0.267. The van der Waals surface area contributed by atoms with Crippen LogP contribution in [-0.2, 0) is 9.53 Å². The molecule has 1 aromatic carbocycles. The minimum absolute atomic E-state index is 0.174. The largest absolute Gasteiger partial charge is 0.508 e. The Bertz CT molecular complexity index is 449. The van der Waals surface area contributed by atoms with Gasteiger partial charge in [-0.1, -0.05) is 24.3 Å². The molecule has 0 aliphatic rings. The zero-order valence-electron chi connectivity index (χ0n) is 11.1. The number of rotatable bonds is 7. The quantitative estimate of drug-likeness (QED) is 0.449. The number of phenols is 1. The Morgan fingerprint density at radius 3 is 2.74 bits per heavy atom. The van der Waals surface area contributed by atoms with E-state index in [0.29, 0.717) is 19.8 Å². The third-order valence-electron chi connectivity index (χ3n) is 2.21. The molecular weight excluding hydrogens is 242 g/mol. The predicted molar refractivity (Wildman–Crippen MR) is 75.8 cm³/mol. The Labute approximate surface area is 113 Å². The summed E-state index contributed by atoms with van der Waals surface area (Å²) in [6.07, 6.45) is 3.13. The van der Waals surface area contributed by atoms with Gasteiger partial charge in [0.05, 0.1) is 13.2 Å². The zero-order chi connectivity index (χ0) is 14.1. The van der Waals surface area contributed by atoms with Crippen LogP contribution in [0.25, 0.3) is 6.08 Å². The van der Waals surface area contributed by atoms with Crippen molar-refractivity contribution in [3.8, 4) is 5.75 Å². The number of nitrogens with one attached hydrogen (secondary N) is 1. The molecule has 4 heteroatoms. The number of amides is 1. The van der Waals surface area contributed by atoms with E-state index in [2.05, 4.69) is 11.9 Å². The molecule has 0 fully saturated rings. The van der Waals surface area contributed by atoms with Crippen LogP contribution in [-0.4, -0.2) is 30.8 Å². The molecule has 0 bridgehead atoms. The van der Waals surface area contributed by atoms with Crippen LogP contribution in [0.4, 0.5) is 0 Å². The first kappa shape index (κ1) is 15.0. The summed E-state index contributed by atoms with van der Waals surface area (Å²) in [6.45, 7) is 7.04. The number of hydrogen-bond acceptors (Lipinski definition) is 3. The summed E-state index contributed by atoms with van der Waals surface area (Å²) >= 11 is 0. The Balaban J connectivity index is 2.23. The van der Waals surface area contributed by atoms with Gasteiger partial charge in [-0.25, -0.2) is 0 Å². The van der Waals surface area contributed by atoms with Gasteiger partial charge in [-0.2, -0.15) is 0 Å². The first-order valence-corrected chi connectivity index (χ1v) is 6.05. The van der Waals surface area contributed by atoms with Gasteiger partial charge in [0.1, 0.15) is 5.75 Å². The van der Waals surface area contributed by atoms with Gasteiger partial charge in [-0.3, -0.25) is 4.79 Å². The van der Waals surface area contributed by atoms with Crippen molar-refractivity contribution in [1.29, 1.82) is 0 Å². The molecule has 19 heavy (non-hydrogen) atoms. The highest BCUT2D eigenvalue weighted by atomic mass is 16.5. The Kier molecular flexibility index (Phi) is 6.39. The van der Waals surface area contributed by atoms with E-state index in [9.17, 15) is 4.79 Å². The molecule has 0 heterocycles. The van der Waals surface area contributed by atoms with Gasteiger partial charge < -0.3 is 15.2 Å². The van der Waals surface area contributed by atoms with E-state index >= 15 is 0 Å². The molecule has 0 aromatic heterocycles. The second-order valence-corrected chi connectivity index (χ2v) is 4.23. The van der Waals surface area contributed by atoms with Crippen LogP contribution >= 0.6 is 0 Å². The monoisotopic (exact) mass is 261 g/mol. The summed E-state index contributed by atoms with van der Waals surface area (Å²) in [6, 6.07) is 6.61. The van der Waals surface area contributed by atoms with Crippen molar-refractivity contribution < 1.29 is 14.6 Å². The molecule has 0 saturated carbocycles. The van der Waals surface area contributed by atoms with Gasteiger partial charge >= 0.3 is 0 Å². The number of carbonyl (C=O) groups excluding carboxylic acids is 1. The van der Waals surface area contributed by atoms with Gasteiger partial charge in [0.15, 0.2) is 0 Å². The highest BCUT2D eigenvalue weighted by Crippen LogP contribution is 2.10. The molecule has 0 spiro atoms. The molecule has 1 rings (SSSR count). The van der Waals surface area contributed by atoms with Gasteiger partial charge in [-0.05, 0) is 30.7 Å². The number of hydrogen-bond donors (Lipinski definition) is 2. The topological polar surface area (TPSA) is 58.6 Å². The first-order chi connectivity index (χ1) is 9.08. The van der Waals surface area contributed by atoms with E-state index in [-0.39, 0.29) is 11.7 Å². The highest BCUT2D eigenvalue weighted by molar-refractivity contribution is 5.91. The average molecular weight is 261 g/mol. The van der Waals surface area contributed by atoms with Crippen molar-refractivity contribution in [3.05, 3.63) is 48.1 Å². The highest BCUT2D eigenvalue weighted by Gasteiger charge is 1.95. The Hall–Kier alpha value is -2.07. The molecule has 2 N–H and O–H groups in total. The summed E-state index contributed by atoms with van der Waals surface area (Å²) < 4.78 is 5.26. The van der Waals surface area contributed by atoms with Crippen LogP contribution < -0.4 is 5.32 Å². The predicted octanol–water partition coefficient (Wildman–Crippen LogP) is 2.11. The van der Waals surface area contributed by atoms with Gasteiger partial charge in [-0.15, -0.1) is 0 Å². The van der Waals surface area contributed by atoms with Crippen molar-refractivity contribution in [1.82, 2.24) is 5.32 Å². The van der Waals surface area contributed by atoms with E-state index in [0.717, 1.165) is 11.1 Å². The average Bonchev–Trinajstić information content (AvgIpc) is 2.37. The number of ether oxygens (including phenoxy) is 1. The maximum absolute atomic E-state index is 11.5. The van der Waals surface area contributed by atoms with Crippen LogP contribution in [0.15, 0.2) is 42.5 Å². The number of aromatic hydroxyl groups is 1. The maximum atomic E-state index is 11.5. The minimum Gasteiger partial charge on any atom is -0.508 e. The van der Waals surface area contributed by atoms with Crippen LogP contribution in [0.5, 0.6) is 5.75 Å². The normalized spacial score (nSPS) is 10.6. The summed E-state index contributed by atoms with van der Waals surface area (Å²) in [5, 5.41) is 11.8. The lowest BCUT2D eigenvalue weighted by Gasteiger charge is -2.04. The lowest BCUT2D eigenvalue weighted by Crippen LogP contribution is -2.25. The van der Waals surface area contributed by atoms with Gasteiger partial charge in [0.2, 0.25) is 5.91 Å². The smallest absolute Gasteiger partial charge is 0.244 e. The minimum atomic E-state index is -0.174. The van der Waals surface area contributed by atoms with Crippen LogP contribution in [0, 0.1) is 0 Å². The van der Waals surface area contributed by atoms with Crippen molar-refractivity contribution in [2.45, 2.75) is 6.92 Å². The molecule has 0 atom stereocenters. The second kappa shape index (κ2) is 8.11. The van der Waals surface area contributed by atoms with Crippen molar-refractivity contribution in [2.24, 2.45) is 0 Å². The van der Waals surface area contributed by atoms with E-state index in [4.69, 9.17) is 9.84 Å². The van der Waals surface area contributed by atoms with E-state index < -0.39 is 0 Å². The summed E-state index contributed by atoms with van der Waals surface area (Å²) in [5.41, 5.74) is 1.81. The molecule has 102 valence electrons. The van der Waals surface area contributed by atoms with E-state index in [1.165, 1.54) is 6.08 Å². The molecular formula is C15H19NO3. The van der Waals surface area contributed by atoms with Crippen molar-refractivity contribution in [3.63, 3.8) is 0 Å². The number of phenolic OH excluding ortho intramolecular Hbond substituents is 1. The van der Waals surface area contributed by atoms with Crippen LogP contribution in [0.3, 0.4) is 0 Å². The van der Waals surface area contributed by atoms with Crippen LogP contribution in [0.1, 0.15) is 12.5 Å². The van der Waals surface area contributed by atoms with Gasteiger partial charge in [0, 0.05) is 12.6 Å². The fourth-order valence-corrected chi connectivity index (χ4v) is 1.31. The molecule has 4 nitrogen and oxygen atoms in total. The van der Waals surface area contributed by atoms with Gasteiger partial charge in [0.25, 0.3) is 0 Å². The van der Waals surface area contributed by atoms with Crippen molar-refractivity contribution >= 4 is 12.0 Å². The molecule has 0 aliphatic heterocycles. The lowest BCUT2D eigenvalue weighted by molar-refractivity contribution is -0.116. The molecule has 1 amide bonds. The van der Waals surface area contributed by atoms with E-state index in [1.54, 1.807) is 30.3 Å². The summed E-state index contributed by atoms with van der Waals surface area (Å²) in [4.78, 5) is 11.5. The lowest BCUT2D eigenvalue weighted by atomic mass is 10.2. The molecule has 0 aliphatic carbocycles.